The molecule has 0 aliphatic carbocycles. The van der Waals surface area contributed by atoms with E-state index in [0.717, 1.165) is 28.0 Å². The molecule has 0 radical (unpaired) electrons. The second kappa shape index (κ2) is 8.62. The van der Waals surface area contributed by atoms with Crippen LogP contribution in [0.1, 0.15) is 36.3 Å². The van der Waals surface area contributed by atoms with Gasteiger partial charge in [-0.1, -0.05) is 54.1 Å². The Bertz CT molecular complexity index is 788. The standard InChI is InChI=1S/C20H25IO3S/c1-11-8-12(2)18(13(3)9-11)19-17(22)10-16(24-20(19)23)6-7-25-15(5)14(4)21/h8-10,14-15,22H,6-7H2,1-5H3/t14-,15?/m1/s1. The van der Waals surface area contributed by atoms with E-state index in [1.807, 2.05) is 44.7 Å². The van der Waals surface area contributed by atoms with Gasteiger partial charge in [-0.3, -0.25) is 0 Å². The molecule has 25 heavy (non-hydrogen) atoms. The molecule has 0 aliphatic rings. The van der Waals surface area contributed by atoms with Crippen LogP contribution < -0.4 is 5.63 Å². The molecular formula is C20H25IO3S. The number of aryl methyl sites for hydroxylation is 4. The van der Waals surface area contributed by atoms with E-state index in [2.05, 4.69) is 36.4 Å². The fraction of sp³-hybridized carbons (Fsp3) is 0.450. The molecule has 0 saturated carbocycles. The molecule has 0 amide bonds. The van der Waals surface area contributed by atoms with Crippen molar-refractivity contribution in [2.45, 2.75) is 50.2 Å². The molecule has 0 spiro atoms. The van der Waals surface area contributed by atoms with E-state index in [4.69, 9.17) is 4.42 Å². The summed E-state index contributed by atoms with van der Waals surface area (Å²) in [6, 6.07) is 5.62. The van der Waals surface area contributed by atoms with E-state index in [0.29, 0.717) is 21.4 Å². The number of hydrogen-bond acceptors (Lipinski definition) is 4. The molecule has 0 saturated heterocycles. The van der Waals surface area contributed by atoms with Crippen LogP contribution in [0.3, 0.4) is 0 Å². The molecule has 1 aromatic carbocycles. The van der Waals surface area contributed by atoms with Crippen LogP contribution in [-0.4, -0.2) is 20.0 Å². The number of benzene rings is 1. The average Bonchev–Trinajstić information content (AvgIpc) is 2.48. The van der Waals surface area contributed by atoms with Gasteiger partial charge in [-0.2, -0.15) is 11.8 Å². The highest BCUT2D eigenvalue weighted by atomic mass is 127. The van der Waals surface area contributed by atoms with Crippen molar-refractivity contribution in [1.82, 2.24) is 0 Å². The molecule has 2 rings (SSSR count). The first-order valence-electron chi connectivity index (χ1n) is 8.40. The molecule has 136 valence electrons. The maximum absolute atomic E-state index is 12.5. The zero-order chi connectivity index (χ0) is 18.7. The van der Waals surface area contributed by atoms with Gasteiger partial charge in [-0.15, -0.1) is 0 Å². The molecular weight excluding hydrogens is 447 g/mol. The lowest BCUT2D eigenvalue weighted by molar-refractivity contribution is 0.430. The molecule has 5 heteroatoms. The SMILES string of the molecule is Cc1cc(C)c(-c2c(O)cc(CCSC(C)[C@@H](C)I)oc2=O)c(C)c1. The summed E-state index contributed by atoms with van der Waals surface area (Å²) in [5, 5.41) is 11.0. The first-order valence-corrected chi connectivity index (χ1v) is 10.7. The molecule has 2 aromatic rings. The molecule has 1 aromatic heterocycles. The van der Waals surface area contributed by atoms with Crippen LogP contribution >= 0.6 is 34.4 Å². The summed E-state index contributed by atoms with van der Waals surface area (Å²) >= 11 is 4.27. The first kappa shape index (κ1) is 20.4. The van der Waals surface area contributed by atoms with Crippen molar-refractivity contribution < 1.29 is 9.52 Å². The van der Waals surface area contributed by atoms with Gasteiger partial charge in [0.1, 0.15) is 17.1 Å². The van der Waals surface area contributed by atoms with E-state index in [9.17, 15) is 9.90 Å². The van der Waals surface area contributed by atoms with Crippen molar-refractivity contribution in [1.29, 1.82) is 0 Å². The minimum absolute atomic E-state index is 0.00149. The number of thioether (sulfide) groups is 1. The van der Waals surface area contributed by atoms with Gasteiger partial charge in [0.15, 0.2) is 0 Å². The van der Waals surface area contributed by atoms with Gasteiger partial charge < -0.3 is 9.52 Å². The number of rotatable bonds is 6. The lowest BCUT2D eigenvalue weighted by atomic mass is 9.94. The first-order chi connectivity index (χ1) is 11.7. The quantitative estimate of drug-likeness (QED) is 0.450. The molecule has 0 aliphatic heterocycles. The van der Waals surface area contributed by atoms with E-state index < -0.39 is 5.63 Å². The van der Waals surface area contributed by atoms with Crippen molar-refractivity contribution in [3.8, 4) is 16.9 Å². The highest BCUT2D eigenvalue weighted by Crippen LogP contribution is 2.33. The van der Waals surface area contributed by atoms with E-state index >= 15 is 0 Å². The smallest absolute Gasteiger partial charge is 0.347 e. The van der Waals surface area contributed by atoms with Crippen LogP contribution in [0.5, 0.6) is 5.75 Å². The third-order valence-electron chi connectivity index (χ3n) is 4.28. The molecule has 1 heterocycles. The Labute approximate surface area is 167 Å². The molecule has 1 N–H and O–H groups in total. The summed E-state index contributed by atoms with van der Waals surface area (Å²) in [6.45, 7) is 10.3. The highest BCUT2D eigenvalue weighted by molar-refractivity contribution is 14.1. The normalized spacial score (nSPS) is 13.7. The van der Waals surface area contributed by atoms with Gasteiger partial charge in [0.25, 0.3) is 0 Å². The second-order valence-corrected chi connectivity index (χ2v) is 9.99. The predicted molar refractivity (Wildman–Crippen MR) is 115 cm³/mol. The van der Waals surface area contributed by atoms with Gasteiger partial charge in [0.05, 0.1) is 0 Å². The Kier molecular flexibility index (Phi) is 7.02. The third kappa shape index (κ3) is 5.03. The summed E-state index contributed by atoms with van der Waals surface area (Å²) in [4.78, 5) is 12.5. The summed E-state index contributed by atoms with van der Waals surface area (Å²) < 4.78 is 6.08. The Hall–Kier alpha value is -0.950. The fourth-order valence-corrected chi connectivity index (χ4v) is 4.51. The lowest BCUT2D eigenvalue weighted by Gasteiger charge is -2.14. The molecule has 2 atom stereocenters. The van der Waals surface area contributed by atoms with Crippen molar-refractivity contribution >= 4 is 34.4 Å². The summed E-state index contributed by atoms with van der Waals surface area (Å²) in [6.07, 6.45) is 0.632. The summed E-state index contributed by atoms with van der Waals surface area (Å²) in [5.41, 5.74) is 3.63. The topological polar surface area (TPSA) is 50.4 Å². The van der Waals surface area contributed by atoms with Crippen LogP contribution in [0.4, 0.5) is 0 Å². The number of aromatic hydroxyl groups is 1. The molecule has 1 unspecified atom stereocenters. The van der Waals surface area contributed by atoms with Crippen molar-refractivity contribution in [3.63, 3.8) is 0 Å². The monoisotopic (exact) mass is 472 g/mol. The summed E-state index contributed by atoms with van der Waals surface area (Å²) in [5.74, 6) is 1.40. The van der Waals surface area contributed by atoms with Crippen molar-refractivity contribution in [2.75, 3.05) is 5.75 Å². The Morgan fingerprint density at radius 3 is 2.24 bits per heavy atom. The van der Waals surface area contributed by atoms with Gasteiger partial charge >= 0.3 is 5.63 Å². The zero-order valence-electron chi connectivity index (χ0n) is 15.4. The lowest BCUT2D eigenvalue weighted by Crippen LogP contribution is -2.11. The maximum Gasteiger partial charge on any atom is 0.347 e. The Morgan fingerprint density at radius 2 is 1.72 bits per heavy atom. The average molecular weight is 472 g/mol. The van der Waals surface area contributed by atoms with Crippen LogP contribution in [0.25, 0.3) is 11.1 Å². The van der Waals surface area contributed by atoms with Crippen LogP contribution in [0, 0.1) is 20.8 Å². The second-order valence-electron chi connectivity index (χ2n) is 6.54. The van der Waals surface area contributed by atoms with E-state index in [1.165, 1.54) is 0 Å². The van der Waals surface area contributed by atoms with Gasteiger partial charge in [-0.05, 0) is 37.5 Å². The maximum atomic E-state index is 12.5. The van der Waals surface area contributed by atoms with Crippen molar-refractivity contribution in [2.24, 2.45) is 0 Å². The van der Waals surface area contributed by atoms with Crippen LogP contribution in [0.15, 0.2) is 27.4 Å². The Morgan fingerprint density at radius 1 is 1.12 bits per heavy atom. The Balaban J connectivity index is 2.28. The van der Waals surface area contributed by atoms with E-state index in [1.54, 1.807) is 6.07 Å². The minimum Gasteiger partial charge on any atom is -0.507 e. The predicted octanol–water partition coefficient (Wildman–Crippen LogP) is 5.43. The minimum atomic E-state index is -0.467. The van der Waals surface area contributed by atoms with Gasteiger partial charge in [0.2, 0.25) is 0 Å². The summed E-state index contributed by atoms with van der Waals surface area (Å²) in [7, 11) is 0. The largest absolute Gasteiger partial charge is 0.507 e. The third-order valence-corrected chi connectivity index (χ3v) is 7.23. The van der Waals surface area contributed by atoms with E-state index in [-0.39, 0.29) is 11.3 Å². The van der Waals surface area contributed by atoms with Crippen molar-refractivity contribution in [3.05, 3.63) is 51.1 Å². The fourth-order valence-electron chi connectivity index (χ4n) is 2.93. The molecule has 3 nitrogen and oxygen atoms in total. The van der Waals surface area contributed by atoms with Gasteiger partial charge in [0, 0.05) is 27.4 Å². The van der Waals surface area contributed by atoms with Gasteiger partial charge in [-0.25, -0.2) is 4.79 Å². The number of hydrogen-bond donors (Lipinski definition) is 1. The molecule has 0 fully saturated rings. The van der Waals surface area contributed by atoms with Crippen LogP contribution in [-0.2, 0) is 6.42 Å². The van der Waals surface area contributed by atoms with Crippen LogP contribution in [0.2, 0.25) is 0 Å². The number of halogens is 1. The number of alkyl halides is 1. The molecule has 0 bridgehead atoms. The highest BCUT2D eigenvalue weighted by Gasteiger charge is 2.18. The zero-order valence-corrected chi connectivity index (χ0v) is 18.3.